The molecule has 1 aliphatic heterocycles. The van der Waals surface area contributed by atoms with Crippen molar-refractivity contribution in [3.05, 3.63) is 30.3 Å². The Balaban J connectivity index is 1.60. The van der Waals surface area contributed by atoms with Crippen molar-refractivity contribution in [2.75, 3.05) is 19.7 Å². The number of para-hydroxylation sites is 1. The van der Waals surface area contributed by atoms with Crippen LogP contribution in [0.2, 0.25) is 0 Å². The average Bonchev–Trinajstić information content (AvgIpc) is 2.80. The number of nitrogens with one attached hydrogen (secondary N) is 1. The lowest BCUT2D eigenvalue weighted by Crippen LogP contribution is -2.21. The second-order valence-corrected chi connectivity index (χ2v) is 4.50. The monoisotopic (exact) mass is 189 g/mol. The van der Waals surface area contributed by atoms with Crippen molar-refractivity contribution in [3.63, 3.8) is 0 Å². The third-order valence-corrected chi connectivity index (χ3v) is 3.50. The Kier molecular flexibility index (Phi) is 1.77. The highest BCUT2D eigenvalue weighted by Crippen LogP contribution is 2.54. The van der Waals surface area contributed by atoms with Gasteiger partial charge < -0.3 is 10.1 Å². The van der Waals surface area contributed by atoms with Crippen LogP contribution in [0, 0.1) is 11.3 Å². The molecule has 0 amide bonds. The number of hydrogen-bond donors (Lipinski definition) is 1. The smallest absolute Gasteiger partial charge is 0.119 e. The lowest BCUT2D eigenvalue weighted by Gasteiger charge is -2.13. The van der Waals surface area contributed by atoms with E-state index in [4.69, 9.17) is 4.74 Å². The molecule has 3 rings (SSSR count). The van der Waals surface area contributed by atoms with E-state index >= 15 is 0 Å². The molecule has 74 valence electrons. The van der Waals surface area contributed by atoms with Gasteiger partial charge in [-0.3, -0.25) is 0 Å². The van der Waals surface area contributed by atoms with Gasteiger partial charge in [-0.1, -0.05) is 18.2 Å². The minimum Gasteiger partial charge on any atom is -0.493 e. The third-order valence-electron chi connectivity index (χ3n) is 3.50. The number of rotatable bonds is 3. The fourth-order valence-corrected chi connectivity index (χ4v) is 2.40. The average molecular weight is 189 g/mol. The van der Waals surface area contributed by atoms with Crippen LogP contribution in [0.25, 0.3) is 0 Å². The van der Waals surface area contributed by atoms with Crippen molar-refractivity contribution in [1.82, 2.24) is 5.32 Å². The number of benzene rings is 1. The standard InChI is InChI=1S/C12H15NO/c1-2-4-11(5-3-1)14-9-12-6-10(12)7-13-8-12/h1-5,10,13H,6-9H2. The Bertz CT molecular complexity index is 324. The normalized spacial score (nSPS) is 33.9. The maximum absolute atomic E-state index is 5.79. The molecule has 0 bridgehead atoms. The van der Waals surface area contributed by atoms with Gasteiger partial charge in [-0.05, 0) is 31.0 Å². The first-order valence-corrected chi connectivity index (χ1v) is 5.28. The van der Waals surface area contributed by atoms with E-state index in [1.54, 1.807) is 0 Å². The summed E-state index contributed by atoms with van der Waals surface area (Å²) in [6.45, 7) is 3.22. The Morgan fingerprint density at radius 2 is 2.21 bits per heavy atom. The Hall–Kier alpha value is -1.02. The summed E-state index contributed by atoms with van der Waals surface area (Å²) >= 11 is 0. The predicted molar refractivity (Wildman–Crippen MR) is 55.3 cm³/mol. The Labute approximate surface area is 84.3 Å². The molecule has 1 aliphatic carbocycles. The van der Waals surface area contributed by atoms with Crippen molar-refractivity contribution >= 4 is 0 Å². The molecule has 2 atom stereocenters. The summed E-state index contributed by atoms with van der Waals surface area (Å²) in [6.07, 6.45) is 1.35. The second kappa shape index (κ2) is 2.99. The van der Waals surface area contributed by atoms with Crippen LogP contribution >= 0.6 is 0 Å². The van der Waals surface area contributed by atoms with E-state index in [0.717, 1.165) is 24.8 Å². The minimum atomic E-state index is 0.482. The first-order chi connectivity index (χ1) is 6.89. The van der Waals surface area contributed by atoms with Crippen LogP contribution in [-0.2, 0) is 0 Å². The minimum absolute atomic E-state index is 0.482. The molecule has 2 nitrogen and oxygen atoms in total. The number of fused-ring (bicyclic) bond motifs is 1. The van der Waals surface area contributed by atoms with Gasteiger partial charge in [-0.2, -0.15) is 0 Å². The summed E-state index contributed by atoms with van der Waals surface area (Å²) in [4.78, 5) is 0. The van der Waals surface area contributed by atoms with Gasteiger partial charge in [0.1, 0.15) is 5.75 Å². The lowest BCUT2D eigenvalue weighted by atomic mass is 10.1. The van der Waals surface area contributed by atoms with Gasteiger partial charge in [0.05, 0.1) is 6.61 Å². The van der Waals surface area contributed by atoms with Crippen LogP contribution in [0.3, 0.4) is 0 Å². The molecule has 0 aromatic heterocycles. The summed E-state index contributed by atoms with van der Waals surface area (Å²) in [5.74, 6) is 1.88. The summed E-state index contributed by atoms with van der Waals surface area (Å²) in [6, 6.07) is 10.1. The van der Waals surface area contributed by atoms with Crippen LogP contribution in [-0.4, -0.2) is 19.7 Å². The zero-order valence-electron chi connectivity index (χ0n) is 8.20. The lowest BCUT2D eigenvalue weighted by molar-refractivity contribution is 0.236. The molecule has 0 radical (unpaired) electrons. The maximum atomic E-state index is 5.79. The molecule has 2 heteroatoms. The maximum Gasteiger partial charge on any atom is 0.119 e. The summed E-state index contributed by atoms with van der Waals surface area (Å²) < 4.78 is 5.79. The third kappa shape index (κ3) is 1.30. The SMILES string of the molecule is c1ccc(OCC23CNCC2C3)cc1. The number of ether oxygens (including phenoxy) is 1. The Morgan fingerprint density at radius 1 is 1.36 bits per heavy atom. The van der Waals surface area contributed by atoms with Crippen LogP contribution in [0.5, 0.6) is 5.75 Å². The van der Waals surface area contributed by atoms with Crippen LogP contribution in [0.1, 0.15) is 6.42 Å². The van der Waals surface area contributed by atoms with Crippen LogP contribution in [0.4, 0.5) is 0 Å². The van der Waals surface area contributed by atoms with Crippen molar-refractivity contribution in [3.8, 4) is 5.75 Å². The molecule has 2 aliphatic rings. The highest BCUT2D eigenvalue weighted by atomic mass is 16.5. The molecule has 1 aromatic rings. The fourth-order valence-electron chi connectivity index (χ4n) is 2.40. The first-order valence-electron chi connectivity index (χ1n) is 5.28. The molecule has 14 heavy (non-hydrogen) atoms. The Morgan fingerprint density at radius 3 is 2.86 bits per heavy atom. The molecule has 2 fully saturated rings. The second-order valence-electron chi connectivity index (χ2n) is 4.50. The van der Waals surface area contributed by atoms with E-state index in [9.17, 15) is 0 Å². The van der Waals surface area contributed by atoms with Gasteiger partial charge in [0.2, 0.25) is 0 Å². The van der Waals surface area contributed by atoms with E-state index in [0.29, 0.717) is 5.41 Å². The molecule has 1 saturated heterocycles. The predicted octanol–water partition coefficient (Wildman–Crippen LogP) is 1.67. The van der Waals surface area contributed by atoms with Crippen molar-refractivity contribution < 1.29 is 4.74 Å². The molecule has 1 saturated carbocycles. The van der Waals surface area contributed by atoms with Crippen LogP contribution < -0.4 is 10.1 Å². The van der Waals surface area contributed by atoms with Gasteiger partial charge in [0.25, 0.3) is 0 Å². The zero-order valence-corrected chi connectivity index (χ0v) is 8.20. The zero-order chi connectivity index (χ0) is 9.43. The van der Waals surface area contributed by atoms with Gasteiger partial charge in [0.15, 0.2) is 0 Å². The molecule has 0 spiro atoms. The van der Waals surface area contributed by atoms with Gasteiger partial charge >= 0.3 is 0 Å². The highest BCUT2D eigenvalue weighted by molar-refractivity contribution is 5.22. The quantitative estimate of drug-likeness (QED) is 0.781. The van der Waals surface area contributed by atoms with Crippen molar-refractivity contribution in [2.45, 2.75) is 6.42 Å². The van der Waals surface area contributed by atoms with Gasteiger partial charge in [0, 0.05) is 12.0 Å². The van der Waals surface area contributed by atoms with Gasteiger partial charge in [-0.25, -0.2) is 0 Å². The van der Waals surface area contributed by atoms with E-state index < -0.39 is 0 Å². The summed E-state index contributed by atoms with van der Waals surface area (Å²) in [7, 11) is 0. The van der Waals surface area contributed by atoms with E-state index in [1.807, 2.05) is 30.3 Å². The summed E-state index contributed by atoms with van der Waals surface area (Å²) in [5, 5.41) is 3.42. The van der Waals surface area contributed by atoms with Crippen LogP contribution in [0.15, 0.2) is 30.3 Å². The fraction of sp³-hybridized carbons (Fsp3) is 0.500. The van der Waals surface area contributed by atoms with E-state index in [1.165, 1.54) is 13.0 Å². The molecule has 1 heterocycles. The topological polar surface area (TPSA) is 21.3 Å². The largest absolute Gasteiger partial charge is 0.493 e. The number of piperidine rings is 1. The van der Waals surface area contributed by atoms with Crippen molar-refractivity contribution in [1.29, 1.82) is 0 Å². The highest BCUT2D eigenvalue weighted by Gasteiger charge is 2.57. The molecular formula is C12H15NO. The number of hydrogen-bond acceptors (Lipinski definition) is 2. The molecule has 1 N–H and O–H groups in total. The van der Waals surface area contributed by atoms with Gasteiger partial charge in [-0.15, -0.1) is 0 Å². The molecule has 1 aromatic carbocycles. The van der Waals surface area contributed by atoms with E-state index in [2.05, 4.69) is 5.32 Å². The molecular weight excluding hydrogens is 174 g/mol. The van der Waals surface area contributed by atoms with E-state index in [-0.39, 0.29) is 0 Å². The summed E-state index contributed by atoms with van der Waals surface area (Å²) in [5.41, 5.74) is 0.482. The van der Waals surface area contributed by atoms with Crippen molar-refractivity contribution in [2.24, 2.45) is 11.3 Å². The molecule has 2 unspecified atom stereocenters. The first kappa shape index (κ1) is 8.30.